The number of carboxylic acids is 2. The normalized spacial score (nSPS) is 12.1. The van der Waals surface area contributed by atoms with Crippen LogP contribution in [0.1, 0.15) is 13.3 Å². The molecule has 16 heavy (non-hydrogen) atoms. The Balaban J connectivity index is -0.000000240. The van der Waals surface area contributed by atoms with E-state index in [0.717, 1.165) is 0 Å². The molecule has 0 rings (SSSR count). The van der Waals surface area contributed by atoms with Crippen LogP contribution in [0.3, 0.4) is 0 Å². The predicted octanol–water partition coefficient (Wildman–Crippen LogP) is -2.63. The second-order valence-electron chi connectivity index (χ2n) is 2.61. The summed E-state index contributed by atoms with van der Waals surface area (Å²) in [4.78, 5) is 20.5. The van der Waals surface area contributed by atoms with Gasteiger partial charge < -0.3 is 20.1 Å². The van der Waals surface area contributed by atoms with Crippen LogP contribution < -0.4 is 0 Å². The number of aliphatic carboxylic acids is 2. The summed E-state index contributed by atoms with van der Waals surface area (Å²) in [5.41, 5.74) is 0. The van der Waals surface area contributed by atoms with Crippen molar-refractivity contribution in [1.29, 1.82) is 0 Å². The molecule has 0 aliphatic rings. The second-order valence-corrected chi connectivity index (χ2v) is 2.61. The number of hydrogen-bond donors (Lipinski definition) is 3. The molecule has 0 amide bonds. The third-order valence-electron chi connectivity index (χ3n) is 1.17. The molecule has 9 heteroatoms. The van der Waals surface area contributed by atoms with E-state index in [1.165, 1.54) is 6.92 Å². The van der Waals surface area contributed by atoms with Crippen molar-refractivity contribution in [3.8, 4) is 0 Å². The first kappa shape index (κ1) is 26.4. The minimum atomic E-state index is -1.40. The summed E-state index contributed by atoms with van der Waals surface area (Å²) in [5.74, 6) is -2.60. The van der Waals surface area contributed by atoms with E-state index in [1.54, 1.807) is 0 Å². The van der Waals surface area contributed by atoms with E-state index in [4.69, 9.17) is 15.3 Å². The van der Waals surface area contributed by atoms with Crippen LogP contribution in [0.25, 0.3) is 0 Å². The van der Waals surface area contributed by atoms with E-state index in [9.17, 15) is 9.59 Å². The van der Waals surface area contributed by atoms with Gasteiger partial charge in [0.05, 0.1) is 19.1 Å². The summed E-state index contributed by atoms with van der Waals surface area (Å²) >= 11 is 0. The molecule has 0 heterocycles. The Morgan fingerprint density at radius 2 is 1.62 bits per heavy atom. The molecule has 0 spiro atoms. The van der Waals surface area contributed by atoms with Crippen LogP contribution in [-0.2, 0) is 14.3 Å². The molecule has 6 nitrogen and oxygen atoms in total. The summed E-state index contributed by atoms with van der Waals surface area (Å²) in [5, 5.41) is 25.5. The van der Waals surface area contributed by atoms with Crippen molar-refractivity contribution in [2.24, 2.45) is 0 Å². The van der Waals surface area contributed by atoms with Gasteiger partial charge in [-0.15, -0.1) is 0 Å². The summed E-state index contributed by atoms with van der Waals surface area (Å²) in [7, 11) is 0. The van der Waals surface area contributed by atoms with E-state index < -0.39 is 30.6 Å². The Bertz CT molecular complexity index is 199. The number of carboxylic acid groups (broad SMARTS) is 2. The fourth-order valence-corrected chi connectivity index (χ4v) is 0.632. The third kappa shape index (κ3) is 15.9. The molecular formula is C7H15Na3O6. The van der Waals surface area contributed by atoms with Gasteiger partial charge in [0.15, 0.2) is 6.10 Å². The zero-order valence-corrected chi connectivity index (χ0v) is 7.14. The topological polar surface area (TPSA) is 104 Å². The number of hydrogen-bond acceptors (Lipinski definition) is 4. The van der Waals surface area contributed by atoms with Crippen LogP contribution in [-0.4, -0.2) is 135 Å². The van der Waals surface area contributed by atoms with Gasteiger partial charge in [-0.25, -0.2) is 4.79 Å². The maximum absolute atomic E-state index is 10.4. The minimum absolute atomic E-state index is 0. The summed E-state index contributed by atoms with van der Waals surface area (Å²) in [6, 6.07) is 0. The van der Waals surface area contributed by atoms with E-state index in [0.29, 0.717) is 0 Å². The van der Waals surface area contributed by atoms with Gasteiger partial charge in [0.25, 0.3) is 0 Å². The summed E-state index contributed by atoms with van der Waals surface area (Å²) in [6.07, 6.45) is -2.81. The molecule has 0 saturated heterocycles. The summed E-state index contributed by atoms with van der Waals surface area (Å²) in [6.45, 7) is 1.23. The fraction of sp³-hybridized carbons (Fsp3) is 0.714. The number of aliphatic hydroxyl groups excluding tert-OH is 1. The Kier molecular flexibility index (Phi) is 24.6. The molecule has 0 radical (unpaired) electrons. The molecule has 2 atom stereocenters. The van der Waals surface area contributed by atoms with Crippen LogP contribution in [0.5, 0.6) is 0 Å². The Labute approximate surface area is 160 Å². The molecule has 0 aromatic heterocycles. The first-order valence-corrected chi connectivity index (χ1v) is 3.67. The van der Waals surface area contributed by atoms with Gasteiger partial charge >= 0.3 is 101 Å². The molecule has 0 fully saturated rings. The van der Waals surface area contributed by atoms with Crippen LogP contribution in [0.4, 0.5) is 0 Å². The first-order valence-electron chi connectivity index (χ1n) is 3.67. The Hall–Kier alpha value is 1.86. The first-order chi connectivity index (χ1) is 5.93. The van der Waals surface area contributed by atoms with Gasteiger partial charge in [0.2, 0.25) is 0 Å². The number of rotatable bonds is 6. The number of carbonyl (C=O) groups is 2. The number of aliphatic hydroxyl groups is 1. The SMILES string of the molecule is CC(O)COC(CC(=O)O)C(=O)O.[NaH].[NaH].[NaH]. The van der Waals surface area contributed by atoms with Gasteiger partial charge in [-0.1, -0.05) is 0 Å². The molecule has 0 aromatic rings. The average Bonchev–Trinajstić information content (AvgIpc) is 1.96. The molecule has 82 valence electrons. The van der Waals surface area contributed by atoms with Crippen molar-refractivity contribution in [3.05, 3.63) is 0 Å². The van der Waals surface area contributed by atoms with Crippen LogP contribution in [0.2, 0.25) is 0 Å². The van der Waals surface area contributed by atoms with Crippen molar-refractivity contribution < 1.29 is 29.6 Å². The zero-order chi connectivity index (χ0) is 10.4. The second kappa shape index (κ2) is 14.9. The Morgan fingerprint density at radius 1 is 1.19 bits per heavy atom. The molecule has 0 bridgehead atoms. The van der Waals surface area contributed by atoms with Crippen molar-refractivity contribution in [2.45, 2.75) is 25.6 Å². The van der Waals surface area contributed by atoms with Crippen LogP contribution in [0, 0.1) is 0 Å². The van der Waals surface area contributed by atoms with E-state index in [2.05, 4.69) is 4.74 Å². The monoisotopic (exact) mass is 264 g/mol. The van der Waals surface area contributed by atoms with Crippen molar-refractivity contribution in [2.75, 3.05) is 6.61 Å². The summed E-state index contributed by atoms with van der Waals surface area (Å²) < 4.78 is 4.65. The van der Waals surface area contributed by atoms with Crippen LogP contribution >= 0.6 is 0 Å². The van der Waals surface area contributed by atoms with E-state index in [-0.39, 0.29) is 95.3 Å². The predicted molar refractivity (Wildman–Crippen MR) is 62.8 cm³/mol. The molecule has 0 aromatic carbocycles. The van der Waals surface area contributed by atoms with E-state index >= 15 is 0 Å². The van der Waals surface area contributed by atoms with Crippen LogP contribution in [0.15, 0.2) is 0 Å². The molecule has 0 aliphatic heterocycles. The van der Waals surface area contributed by atoms with Gasteiger partial charge in [-0.2, -0.15) is 0 Å². The van der Waals surface area contributed by atoms with Gasteiger partial charge in [0.1, 0.15) is 0 Å². The van der Waals surface area contributed by atoms with Crippen molar-refractivity contribution in [3.63, 3.8) is 0 Å². The molecule has 3 N–H and O–H groups in total. The quantitative estimate of drug-likeness (QED) is 0.453. The van der Waals surface area contributed by atoms with E-state index in [1.807, 2.05) is 0 Å². The van der Waals surface area contributed by atoms with Gasteiger partial charge in [-0.05, 0) is 6.92 Å². The van der Waals surface area contributed by atoms with Gasteiger partial charge in [0, 0.05) is 0 Å². The molecule has 0 saturated carbocycles. The molecular weight excluding hydrogens is 249 g/mol. The molecule has 2 unspecified atom stereocenters. The zero-order valence-electron chi connectivity index (χ0n) is 7.14. The van der Waals surface area contributed by atoms with Gasteiger partial charge in [-0.3, -0.25) is 4.79 Å². The Morgan fingerprint density at radius 3 is 1.88 bits per heavy atom. The molecule has 0 aliphatic carbocycles. The standard InChI is InChI=1S/C7H12O6.3Na.3H/c1-4(8)3-13-5(7(11)12)2-6(9)10;;;;;;/h4-5,8H,2-3H2,1H3,(H,9,10)(H,11,12);;;;;;. The maximum atomic E-state index is 10.4. The van der Waals surface area contributed by atoms with Crippen molar-refractivity contribution >= 4 is 101 Å². The van der Waals surface area contributed by atoms with Crippen molar-refractivity contribution in [1.82, 2.24) is 0 Å². The number of ether oxygens (including phenoxy) is 1. The average molecular weight is 264 g/mol. The third-order valence-corrected chi connectivity index (χ3v) is 1.17. The fourth-order valence-electron chi connectivity index (χ4n) is 0.632.